The first-order chi connectivity index (χ1) is 12.0. The Hall–Kier alpha value is -1.51. The summed E-state index contributed by atoms with van der Waals surface area (Å²) in [5.41, 5.74) is 1.64. The molecule has 0 fully saturated rings. The van der Waals surface area contributed by atoms with Crippen LogP contribution in [0, 0.1) is 6.92 Å². The van der Waals surface area contributed by atoms with Gasteiger partial charge in [0.15, 0.2) is 0 Å². The average Bonchev–Trinajstić information content (AvgIpc) is 2.53. The monoisotopic (exact) mass is 435 g/mol. The molecule has 1 amide bonds. The zero-order chi connectivity index (χ0) is 19.5. The van der Waals surface area contributed by atoms with E-state index in [9.17, 15) is 13.2 Å². The van der Waals surface area contributed by atoms with Gasteiger partial charge < -0.3 is 10.6 Å². The molecule has 0 bridgehead atoms. The molecule has 0 saturated carbocycles. The van der Waals surface area contributed by atoms with E-state index in [1.165, 1.54) is 24.3 Å². The topological polar surface area (TPSA) is 101 Å². The van der Waals surface area contributed by atoms with Crippen molar-refractivity contribution >= 4 is 56.4 Å². The molecule has 26 heavy (non-hydrogen) atoms. The van der Waals surface area contributed by atoms with E-state index in [2.05, 4.69) is 10.6 Å². The van der Waals surface area contributed by atoms with E-state index in [4.69, 9.17) is 39.9 Å². The Bertz CT molecular complexity index is 897. The number of nitrogens with two attached hydrogens (primary N) is 1. The summed E-state index contributed by atoms with van der Waals surface area (Å²) in [6.07, 6.45) is -1.07. The zero-order valence-electron chi connectivity index (χ0n) is 13.5. The summed E-state index contributed by atoms with van der Waals surface area (Å²) < 4.78 is 20.7. The van der Waals surface area contributed by atoms with Gasteiger partial charge in [-0.25, -0.2) is 13.6 Å². The second kappa shape index (κ2) is 8.02. The number of halogens is 3. The zero-order valence-corrected chi connectivity index (χ0v) is 16.6. The third kappa shape index (κ3) is 5.49. The number of benzene rings is 2. The first-order valence-electron chi connectivity index (χ1n) is 7.31. The number of carbonyl (C=O) groups excluding carboxylic acids is 1. The number of rotatable bonds is 5. The molecule has 6 nitrogen and oxygen atoms in total. The predicted molar refractivity (Wildman–Crippen MR) is 104 cm³/mol. The van der Waals surface area contributed by atoms with Crippen molar-refractivity contribution in [2.75, 3.05) is 5.32 Å². The summed E-state index contributed by atoms with van der Waals surface area (Å²) in [4.78, 5) is 12.4. The van der Waals surface area contributed by atoms with Gasteiger partial charge in [0.25, 0.3) is 5.91 Å². The van der Waals surface area contributed by atoms with Gasteiger partial charge in [-0.05, 0) is 42.8 Å². The van der Waals surface area contributed by atoms with E-state index in [0.29, 0.717) is 11.3 Å². The minimum atomic E-state index is -3.81. The maximum Gasteiger partial charge on any atom is 0.253 e. The number of primary sulfonamides is 1. The standard InChI is InChI=1S/C16H16Cl3N3O3S/c1-10-4-2-3-5-13(10)14(23)22-15(16(17,18)19)21-11-6-8-12(9-7-11)26(20,24)25/h2-9,15,21H,1H3,(H,22,23)(H2,20,24,25)/t15-/m1/s1. The second-order valence-corrected chi connectivity index (χ2v) is 9.41. The Labute approximate surface area is 166 Å². The molecule has 0 aromatic heterocycles. The number of sulfonamides is 1. The molecular weight excluding hydrogens is 421 g/mol. The number of carbonyl (C=O) groups is 1. The Morgan fingerprint density at radius 3 is 2.15 bits per heavy atom. The van der Waals surface area contributed by atoms with Gasteiger partial charge in [0.2, 0.25) is 13.8 Å². The summed E-state index contributed by atoms with van der Waals surface area (Å²) in [5.74, 6) is -0.423. The van der Waals surface area contributed by atoms with E-state index < -0.39 is 25.9 Å². The van der Waals surface area contributed by atoms with Crippen molar-refractivity contribution in [3.05, 3.63) is 59.7 Å². The predicted octanol–water partition coefficient (Wildman–Crippen LogP) is 3.18. The van der Waals surface area contributed by atoms with Crippen LogP contribution in [0.5, 0.6) is 0 Å². The summed E-state index contributed by atoms with van der Waals surface area (Å²) in [5, 5.41) is 10.5. The van der Waals surface area contributed by atoms with Gasteiger partial charge in [0.05, 0.1) is 4.90 Å². The highest BCUT2D eigenvalue weighted by molar-refractivity contribution is 7.89. The molecule has 0 unspecified atom stereocenters. The SMILES string of the molecule is Cc1ccccc1C(=O)N[C@@H](Nc1ccc(S(N)(=O)=O)cc1)C(Cl)(Cl)Cl. The van der Waals surface area contributed by atoms with E-state index in [1.54, 1.807) is 25.1 Å². The van der Waals surface area contributed by atoms with Crippen LogP contribution < -0.4 is 15.8 Å². The number of anilines is 1. The van der Waals surface area contributed by atoms with Crippen LogP contribution in [0.25, 0.3) is 0 Å². The Morgan fingerprint density at radius 1 is 1.08 bits per heavy atom. The molecule has 0 radical (unpaired) electrons. The van der Waals surface area contributed by atoms with Gasteiger partial charge in [-0.2, -0.15) is 0 Å². The lowest BCUT2D eigenvalue weighted by Gasteiger charge is -2.27. The smallest absolute Gasteiger partial charge is 0.253 e. The number of hydrogen-bond donors (Lipinski definition) is 3. The number of alkyl halides is 3. The van der Waals surface area contributed by atoms with E-state index in [-0.39, 0.29) is 4.90 Å². The molecule has 0 aliphatic heterocycles. The normalized spacial score (nSPS) is 13.1. The third-order valence-electron chi connectivity index (χ3n) is 3.49. The van der Waals surface area contributed by atoms with Gasteiger partial charge in [-0.3, -0.25) is 4.79 Å². The second-order valence-electron chi connectivity index (χ2n) is 5.48. The fourth-order valence-corrected chi connectivity index (χ4v) is 2.99. The molecule has 140 valence electrons. The number of nitrogens with one attached hydrogen (secondary N) is 2. The highest BCUT2D eigenvalue weighted by Gasteiger charge is 2.34. The number of aryl methyl sites for hydroxylation is 1. The van der Waals surface area contributed by atoms with Gasteiger partial charge >= 0.3 is 0 Å². The van der Waals surface area contributed by atoms with Crippen molar-refractivity contribution in [1.82, 2.24) is 5.32 Å². The summed E-state index contributed by atoms with van der Waals surface area (Å²) in [6.45, 7) is 1.79. The van der Waals surface area contributed by atoms with Gasteiger partial charge in [0, 0.05) is 11.3 Å². The average molecular weight is 437 g/mol. The maximum absolute atomic E-state index is 12.5. The lowest BCUT2D eigenvalue weighted by atomic mass is 10.1. The molecule has 0 aliphatic carbocycles. The van der Waals surface area contributed by atoms with E-state index >= 15 is 0 Å². The fourth-order valence-electron chi connectivity index (χ4n) is 2.14. The minimum absolute atomic E-state index is 0.0579. The van der Waals surface area contributed by atoms with Gasteiger partial charge in [-0.15, -0.1) is 0 Å². The van der Waals surface area contributed by atoms with Crippen molar-refractivity contribution in [2.24, 2.45) is 5.14 Å². The molecule has 2 aromatic rings. The third-order valence-corrected chi connectivity index (χ3v) is 5.07. The lowest BCUT2D eigenvalue weighted by Crippen LogP contribution is -2.49. The Morgan fingerprint density at radius 2 is 1.65 bits per heavy atom. The molecule has 0 aliphatic rings. The number of amides is 1. The quantitative estimate of drug-likeness (QED) is 0.495. The van der Waals surface area contributed by atoms with Crippen molar-refractivity contribution in [3.8, 4) is 0 Å². The largest absolute Gasteiger partial charge is 0.362 e. The van der Waals surface area contributed by atoms with Crippen LogP contribution in [0.1, 0.15) is 15.9 Å². The molecule has 4 N–H and O–H groups in total. The summed E-state index contributed by atoms with van der Waals surface area (Å²) in [6, 6.07) is 12.5. The molecular formula is C16H16Cl3N3O3S. The van der Waals surface area contributed by atoms with Crippen molar-refractivity contribution in [3.63, 3.8) is 0 Å². The van der Waals surface area contributed by atoms with Crippen LogP contribution in [0.3, 0.4) is 0 Å². The van der Waals surface area contributed by atoms with Gasteiger partial charge in [-0.1, -0.05) is 53.0 Å². The van der Waals surface area contributed by atoms with Crippen LogP contribution in [0.4, 0.5) is 5.69 Å². The van der Waals surface area contributed by atoms with Crippen LogP contribution in [-0.4, -0.2) is 24.3 Å². The van der Waals surface area contributed by atoms with Crippen LogP contribution in [0.2, 0.25) is 0 Å². The van der Waals surface area contributed by atoms with Crippen LogP contribution in [-0.2, 0) is 10.0 Å². The molecule has 1 atom stereocenters. The highest BCUT2D eigenvalue weighted by atomic mass is 35.6. The van der Waals surface area contributed by atoms with Crippen LogP contribution >= 0.6 is 34.8 Å². The first-order valence-corrected chi connectivity index (χ1v) is 9.99. The summed E-state index contributed by atoms with van der Waals surface area (Å²) in [7, 11) is -3.81. The van der Waals surface area contributed by atoms with Crippen molar-refractivity contribution in [1.29, 1.82) is 0 Å². The molecule has 2 aromatic carbocycles. The fraction of sp³-hybridized carbons (Fsp3) is 0.188. The molecule has 0 saturated heterocycles. The van der Waals surface area contributed by atoms with E-state index in [1.807, 2.05) is 6.07 Å². The van der Waals surface area contributed by atoms with Crippen molar-refractivity contribution in [2.45, 2.75) is 21.8 Å². The Kier molecular flexibility index (Phi) is 6.42. The lowest BCUT2D eigenvalue weighted by molar-refractivity contribution is 0.0941. The van der Waals surface area contributed by atoms with Gasteiger partial charge in [0.1, 0.15) is 6.17 Å². The summed E-state index contributed by atoms with van der Waals surface area (Å²) >= 11 is 17.9. The van der Waals surface area contributed by atoms with Crippen molar-refractivity contribution < 1.29 is 13.2 Å². The maximum atomic E-state index is 12.5. The molecule has 0 heterocycles. The van der Waals surface area contributed by atoms with Crippen LogP contribution in [0.15, 0.2) is 53.4 Å². The highest BCUT2D eigenvalue weighted by Crippen LogP contribution is 2.31. The molecule has 2 rings (SSSR count). The number of hydrogen-bond acceptors (Lipinski definition) is 4. The molecule has 10 heteroatoms. The minimum Gasteiger partial charge on any atom is -0.362 e. The molecule has 0 spiro atoms. The Balaban J connectivity index is 2.21. The van der Waals surface area contributed by atoms with E-state index in [0.717, 1.165) is 5.56 Å². The first kappa shape index (κ1) is 20.8.